The topological polar surface area (TPSA) is 49.4 Å². The molecule has 2 amide bonds. The quantitative estimate of drug-likeness (QED) is 0.369. The third-order valence-electron chi connectivity index (χ3n) is 5.41. The summed E-state index contributed by atoms with van der Waals surface area (Å²) in [6, 6.07) is 32.3. The first-order valence-electron chi connectivity index (χ1n) is 10.9. The zero-order valence-corrected chi connectivity index (χ0v) is 19.1. The van der Waals surface area contributed by atoms with Crippen LogP contribution in [0.15, 0.2) is 109 Å². The Morgan fingerprint density at radius 1 is 0.758 bits per heavy atom. The highest BCUT2D eigenvalue weighted by atomic mass is 32.1. The molecule has 0 radical (unpaired) electrons. The van der Waals surface area contributed by atoms with Crippen LogP contribution in [0.1, 0.15) is 27.6 Å². The van der Waals surface area contributed by atoms with Crippen LogP contribution in [0, 0.1) is 0 Å². The lowest BCUT2D eigenvalue weighted by Crippen LogP contribution is -2.43. The molecule has 0 spiro atoms. The van der Waals surface area contributed by atoms with Gasteiger partial charge in [0.15, 0.2) is 0 Å². The number of carbonyl (C=O) groups excluding carboxylic acids is 2. The Balaban J connectivity index is 1.65. The lowest BCUT2D eigenvalue weighted by molar-refractivity contribution is -0.141. The van der Waals surface area contributed by atoms with Gasteiger partial charge in [0.1, 0.15) is 6.04 Å². The molecule has 33 heavy (non-hydrogen) atoms. The van der Waals surface area contributed by atoms with E-state index in [9.17, 15) is 9.59 Å². The average Bonchev–Trinajstić information content (AvgIpc) is 3.37. The van der Waals surface area contributed by atoms with Crippen molar-refractivity contribution >= 4 is 23.2 Å². The Morgan fingerprint density at radius 3 is 1.97 bits per heavy atom. The van der Waals surface area contributed by atoms with E-state index in [0.29, 0.717) is 13.1 Å². The van der Waals surface area contributed by atoms with Gasteiger partial charge >= 0.3 is 0 Å². The second-order valence-electron chi connectivity index (χ2n) is 7.78. The summed E-state index contributed by atoms with van der Waals surface area (Å²) in [4.78, 5) is 29.8. The van der Waals surface area contributed by atoms with Gasteiger partial charge in [-0.3, -0.25) is 9.59 Å². The molecule has 0 unspecified atom stereocenters. The smallest absolute Gasteiger partial charge is 0.247 e. The highest BCUT2D eigenvalue weighted by Gasteiger charge is 2.31. The lowest BCUT2D eigenvalue weighted by Gasteiger charge is -2.31. The van der Waals surface area contributed by atoms with Crippen molar-refractivity contribution in [1.29, 1.82) is 0 Å². The maximum Gasteiger partial charge on any atom is 0.247 e. The number of carbonyl (C=O) groups is 2. The molecular formula is C28H26N2O2S. The fourth-order valence-corrected chi connectivity index (χ4v) is 4.45. The number of nitrogens with zero attached hydrogens (tertiary/aromatic N) is 1. The van der Waals surface area contributed by atoms with Crippen molar-refractivity contribution in [2.45, 2.75) is 25.6 Å². The molecule has 4 nitrogen and oxygen atoms in total. The number of nitrogens with one attached hydrogen (secondary N) is 1. The minimum absolute atomic E-state index is 0.0787. The molecule has 0 bridgehead atoms. The normalized spacial score (nSPS) is 11.5. The van der Waals surface area contributed by atoms with Gasteiger partial charge in [0.2, 0.25) is 11.8 Å². The molecule has 1 heterocycles. The summed E-state index contributed by atoms with van der Waals surface area (Å²) >= 11 is 1.55. The van der Waals surface area contributed by atoms with E-state index in [1.807, 2.05) is 109 Å². The van der Waals surface area contributed by atoms with Crippen LogP contribution >= 0.6 is 11.3 Å². The van der Waals surface area contributed by atoms with Crippen molar-refractivity contribution in [2.24, 2.45) is 0 Å². The molecule has 0 aliphatic rings. The largest absolute Gasteiger partial charge is 0.350 e. The van der Waals surface area contributed by atoms with Gasteiger partial charge in [-0.15, -0.1) is 11.3 Å². The van der Waals surface area contributed by atoms with E-state index in [4.69, 9.17) is 0 Å². The molecule has 3 aromatic carbocycles. The lowest BCUT2D eigenvalue weighted by atomic mass is 10.0. The highest BCUT2D eigenvalue weighted by molar-refractivity contribution is 7.10. The molecule has 0 saturated heterocycles. The monoisotopic (exact) mass is 454 g/mol. The van der Waals surface area contributed by atoms with Crippen LogP contribution in [0.5, 0.6) is 0 Å². The molecule has 4 rings (SSSR count). The first-order chi connectivity index (χ1) is 16.2. The van der Waals surface area contributed by atoms with Gasteiger partial charge in [-0.1, -0.05) is 97.1 Å². The molecule has 5 heteroatoms. The summed E-state index contributed by atoms with van der Waals surface area (Å²) in [5.74, 6) is -0.273. The van der Waals surface area contributed by atoms with Crippen molar-refractivity contribution < 1.29 is 9.59 Å². The fraction of sp³-hybridized carbons (Fsp3) is 0.143. The number of rotatable bonds is 9. The Labute approximate surface area is 198 Å². The van der Waals surface area contributed by atoms with Crippen LogP contribution in [0.4, 0.5) is 0 Å². The minimum atomic E-state index is -0.734. The highest BCUT2D eigenvalue weighted by Crippen LogP contribution is 2.25. The number of hydrogen-bond donors (Lipinski definition) is 1. The summed E-state index contributed by atoms with van der Waals surface area (Å²) in [6.07, 6.45) is 0.264. The summed E-state index contributed by atoms with van der Waals surface area (Å²) in [6.45, 7) is 0.755. The van der Waals surface area contributed by atoms with Crippen molar-refractivity contribution in [3.05, 3.63) is 130 Å². The van der Waals surface area contributed by atoms with Gasteiger partial charge < -0.3 is 10.2 Å². The number of hydrogen-bond acceptors (Lipinski definition) is 3. The van der Waals surface area contributed by atoms with E-state index in [2.05, 4.69) is 5.32 Å². The van der Waals surface area contributed by atoms with Crippen molar-refractivity contribution in [2.75, 3.05) is 0 Å². The van der Waals surface area contributed by atoms with Gasteiger partial charge in [0.05, 0.1) is 6.42 Å². The van der Waals surface area contributed by atoms with Gasteiger partial charge in [0, 0.05) is 18.0 Å². The van der Waals surface area contributed by atoms with Crippen LogP contribution in [-0.2, 0) is 29.1 Å². The van der Waals surface area contributed by atoms with E-state index in [1.54, 1.807) is 16.2 Å². The third kappa shape index (κ3) is 6.18. The molecule has 0 saturated carbocycles. The van der Waals surface area contributed by atoms with Crippen molar-refractivity contribution in [3.8, 4) is 0 Å². The van der Waals surface area contributed by atoms with Gasteiger partial charge in [-0.2, -0.15) is 0 Å². The molecule has 1 aromatic heterocycles. The van der Waals surface area contributed by atoms with Crippen LogP contribution < -0.4 is 5.32 Å². The molecule has 4 aromatic rings. The maximum absolute atomic E-state index is 13.6. The zero-order chi connectivity index (χ0) is 22.9. The molecule has 1 atom stereocenters. The van der Waals surface area contributed by atoms with Crippen molar-refractivity contribution in [1.82, 2.24) is 10.2 Å². The Bertz CT molecular complexity index is 1150. The van der Waals surface area contributed by atoms with E-state index in [1.165, 1.54) is 0 Å². The molecule has 166 valence electrons. The first kappa shape index (κ1) is 22.5. The van der Waals surface area contributed by atoms with E-state index in [0.717, 1.165) is 21.6 Å². The van der Waals surface area contributed by atoms with Crippen LogP contribution in [0.3, 0.4) is 0 Å². The van der Waals surface area contributed by atoms with E-state index >= 15 is 0 Å². The summed E-state index contributed by atoms with van der Waals surface area (Å²) < 4.78 is 0. The molecule has 0 fully saturated rings. The van der Waals surface area contributed by atoms with Gasteiger partial charge in [-0.25, -0.2) is 0 Å². The van der Waals surface area contributed by atoms with Crippen LogP contribution in [0.2, 0.25) is 0 Å². The third-order valence-corrected chi connectivity index (χ3v) is 6.28. The minimum Gasteiger partial charge on any atom is -0.350 e. The fourth-order valence-electron chi connectivity index (χ4n) is 3.76. The van der Waals surface area contributed by atoms with Gasteiger partial charge in [-0.05, 0) is 28.1 Å². The number of benzene rings is 3. The standard InChI is InChI=1S/C28H26N2O2S/c31-26(19-25-17-10-18-33-25)30(21-23-13-6-2-7-14-23)27(24-15-8-3-9-16-24)28(32)29-20-22-11-4-1-5-12-22/h1-18,27H,19-21H2,(H,29,32)/t27-/m1/s1. The van der Waals surface area contributed by atoms with E-state index in [-0.39, 0.29) is 18.2 Å². The summed E-state index contributed by atoms with van der Waals surface area (Å²) in [7, 11) is 0. The zero-order valence-electron chi connectivity index (χ0n) is 18.3. The Morgan fingerprint density at radius 2 is 1.36 bits per heavy atom. The predicted molar refractivity (Wildman–Crippen MR) is 132 cm³/mol. The number of amides is 2. The van der Waals surface area contributed by atoms with Gasteiger partial charge in [0.25, 0.3) is 0 Å². The summed E-state index contributed by atoms with van der Waals surface area (Å²) in [5, 5.41) is 5.01. The second-order valence-corrected chi connectivity index (χ2v) is 8.81. The van der Waals surface area contributed by atoms with E-state index < -0.39 is 6.04 Å². The molecule has 0 aliphatic heterocycles. The van der Waals surface area contributed by atoms with Crippen LogP contribution in [0.25, 0.3) is 0 Å². The Hall–Kier alpha value is -3.70. The average molecular weight is 455 g/mol. The second kappa shape index (κ2) is 11.2. The van der Waals surface area contributed by atoms with Crippen LogP contribution in [-0.4, -0.2) is 16.7 Å². The SMILES string of the molecule is O=C(NCc1ccccc1)[C@@H](c1ccccc1)N(Cc1ccccc1)C(=O)Cc1cccs1. The van der Waals surface area contributed by atoms with Crippen molar-refractivity contribution in [3.63, 3.8) is 0 Å². The maximum atomic E-state index is 13.6. The summed E-state index contributed by atoms with van der Waals surface area (Å²) in [5.41, 5.74) is 2.78. The predicted octanol–water partition coefficient (Wildman–Crippen LogP) is 5.38. The molecular weight excluding hydrogens is 428 g/mol. The number of thiophene rings is 1. The molecule has 1 N–H and O–H groups in total. The first-order valence-corrected chi connectivity index (χ1v) is 11.8. The Kier molecular flexibility index (Phi) is 7.67. The molecule has 0 aliphatic carbocycles.